The summed E-state index contributed by atoms with van der Waals surface area (Å²) in [6.45, 7) is 2.35. The van der Waals surface area contributed by atoms with Gasteiger partial charge in [0.2, 0.25) is 5.82 Å². The molecule has 4 aromatic rings. The molecule has 27 heavy (non-hydrogen) atoms. The van der Waals surface area contributed by atoms with E-state index >= 15 is 0 Å². The van der Waals surface area contributed by atoms with E-state index in [1.807, 2.05) is 49.4 Å². The van der Waals surface area contributed by atoms with Crippen molar-refractivity contribution in [3.05, 3.63) is 78.0 Å². The van der Waals surface area contributed by atoms with E-state index in [1.165, 1.54) is 6.07 Å². The Bertz CT molecular complexity index is 1060. The van der Waals surface area contributed by atoms with Gasteiger partial charge < -0.3 is 14.4 Å². The largest absolute Gasteiger partial charge is 0.507 e. The number of hydrogen-bond donors (Lipinski definition) is 1. The van der Waals surface area contributed by atoms with Crippen LogP contribution in [0.5, 0.6) is 11.5 Å². The van der Waals surface area contributed by atoms with Gasteiger partial charge in [-0.1, -0.05) is 41.6 Å². The number of aromatic hydroxyl groups is 1. The number of phenols is 1. The summed E-state index contributed by atoms with van der Waals surface area (Å²) in [4.78, 5) is 8.63. The third kappa shape index (κ3) is 3.64. The van der Waals surface area contributed by atoms with Crippen LogP contribution < -0.4 is 4.74 Å². The van der Waals surface area contributed by atoms with Gasteiger partial charge >= 0.3 is 0 Å². The van der Waals surface area contributed by atoms with E-state index in [1.54, 1.807) is 18.3 Å². The first-order valence-electron chi connectivity index (χ1n) is 8.46. The molecular weight excluding hydrogens is 342 g/mol. The maximum absolute atomic E-state index is 10.4. The zero-order valence-electron chi connectivity index (χ0n) is 14.7. The molecule has 0 unspecified atom stereocenters. The van der Waals surface area contributed by atoms with Crippen molar-refractivity contribution in [1.82, 2.24) is 15.1 Å². The first-order chi connectivity index (χ1) is 13.2. The molecule has 2 aromatic heterocycles. The van der Waals surface area contributed by atoms with Crippen LogP contribution in [0.15, 0.2) is 71.4 Å². The molecule has 2 heterocycles. The highest BCUT2D eigenvalue weighted by molar-refractivity contribution is 5.66. The maximum atomic E-state index is 10.4. The molecule has 0 aliphatic rings. The lowest BCUT2D eigenvalue weighted by molar-refractivity contribution is 0.304. The van der Waals surface area contributed by atoms with Crippen LogP contribution in [0.3, 0.4) is 0 Å². The summed E-state index contributed by atoms with van der Waals surface area (Å²) in [5, 5.41) is 14.3. The molecule has 134 valence electrons. The first kappa shape index (κ1) is 16.8. The Kier molecular flexibility index (Phi) is 4.53. The molecule has 2 aromatic carbocycles. The minimum atomic E-state index is 0.00787. The Labute approximate surface area is 156 Å². The van der Waals surface area contributed by atoms with Crippen molar-refractivity contribution in [2.45, 2.75) is 13.5 Å². The molecule has 0 saturated heterocycles. The van der Waals surface area contributed by atoms with E-state index in [9.17, 15) is 5.11 Å². The molecule has 0 aliphatic carbocycles. The number of phenolic OH excluding ortho intramolecular Hbond substituents is 1. The molecule has 0 spiro atoms. The van der Waals surface area contributed by atoms with Gasteiger partial charge in [0.1, 0.15) is 23.8 Å². The summed E-state index contributed by atoms with van der Waals surface area (Å²) in [5.41, 5.74) is 3.08. The standard InChI is InChI=1S/C21H17N3O3/c1-14-6-5-11-22-19(14)20-23-21(27-24-20)17-10-9-16(12-18(17)25)26-13-15-7-3-2-4-8-15/h2-12,25H,13H2,1H3. The van der Waals surface area contributed by atoms with Crippen LogP contribution in [0.2, 0.25) is 0 Å². The number of aryl methyl sites for hydroxylation is 1. The van der Waals surface area contributed by atoms with Crippen LogP contribution in [-0.2, 0) is 6.61 Å². The van der Waals surface area contributed by atoms with E-state index in [-0.39, 0.29) is 11.6 Å². The molecule has 6 heteroatoms. The molecule has 1 N–H and O–H groups in total. The Morgan fingerprint density at radius 1 is 1.04 bits per heavy atom. The number of benzene rings is 2. The van der Waals surface area contributed by atoms with Crippen LogP contribution in [-0.4, -0.2) is 20.2 Å². The fourth-order valence-electron chi connectivity index (χ4n) is 2.67. The predicted octanol–water partition coefficient (Wildman–Crippen LogP) is 4.39. The van der Waals surface area contributed by atoms with Crippen molar-refractivity contribution in [1.29, 1.82) is 0 Å². The number of rotatable bonds is 5. The Hall–Kier alpha value is -3.67. The Morgan fingerprint density at radius 2 is 1.89 bits per heavy atom. The predicted molar refractivity (Wildman–Crippen MR) is 100 cm³/mol. The normalized spacial score (nSPS) is 10.7. The minimum absolute atomic E-state index is 0.00787. The van der Waals surface area contributed by atoms with Gasteiger partial charge in [0.05, 0.1) is 5.56 Å². The third-order valence-corrected chi connectivity index (χ3v) is 4.10. The van der Waals surface area contributed by atoms with Crippen LogP contribution in [0.25, 0.3) is 23.0 Å². The van der Waals surface area contributed by atoms with Gasteiger partial charge in [-0.3, -0.25) is 4.98 Å². The molecule has 0 radical (unpaired) electrons. The summed E-state index contributed by atoms with van der Waals surface area (Å²) < 4.78 is 11.0. The van der Waals surface area contributed by atoms with E-state index < -0.39 is 0 Å². The number of aromatic nitrogens is 3. The summed E-state index contributed by atoms with van der Waals surface area (Å²) >= 11 is 0. The van der Waals surface area contributed by atoms with E-state index in [2.05, 4.69) is 15.1 Å². The topological polar surface area (TPSA) is 81.3 Å². The highest BCUT2D eigenvalue weighted by Crippen LogP contribution is 2.32. The molecular formula is C21H17N3O3. The van der Waals surface area contributed by atoms with Crippen molar-refractivity contribution in [2.24, 2.45) is 0 Å². The second-order valence-corrected chi connectivity index (χ2v) is 6.05. The maximum Gasteiger partial charge on any atom is 0.262 e. The zero-order chi connectivity index (χ0) is 18.6. The third-order valence-electron chi connectivity index (χ3n) is 4.10. The second kappa shape index (κ2) is 7.29. The summed E-state index contributed by atoms with van der Waals surface area (Å²) in [6.07, 6.45) is 1.68. The molecule has 0 atom stereocenters. The van der Waals surface area contributed by atoms with Crippen LogP contribution >= 0.6 is 0 Å². The summed E-state index contributed by atoms with van der Waals surface area (Å²) in [6, 6.07) is 18.6. The zero-order valence-corrected chi connectivity index (χ0v) is 14.7. The summed E-state index contributed by atoms with van der Waals surface area (Å²) in [7, 11) is 0. The lowest BCUT2D eigenvalue weighted by atomic mass is 10.2. The van der Waals surface area contributed by atoms with Crippen molar-refractivity contribution in [2.75, 3.05) is 0 Å². The van der Waals surface area contributed by atoms with Crippen molar-refractivity contribution < 1.29 is 14.4 Å². The SMILES string of the molecule is Cc1cccnc1-c1noc(-c2ccc(OCc3ccccc3)cc2O)n1. The Balaban J connectivity index is 1.54. The second-order valence-electron chi connectivity index (χ2n) is 6.05. The van der Waals surface area contributed by atoms with Gasteiger partial charge in [-0.15, -0.1) is 0 Å². The van der Waals surface area contributed by atoms with E-state index in [0.717, 1.165) is 11.1 Å². The molecule has 0 bridgehead atoms. The molecule has 0 aliphatic heterocycles. The highest BCUT2D eigenvalue weighted by atomic mass is 16.5. The Morgan fingerprint density at radius 3 is 2.67 bits per heavy atom. The van der Waals surface area contributed by atoms with E-state index in [4.69, 9.17) is 9.26 Å². The van der Waals surface area contributed by atoms with E-state index in [0.29, 0.717) is 29.4 Å². The van der Waals surface area contributed by atoms with Crippen molar-refractivity contribution >= 4 is 0 Å². The fourth-order valence-corrected chi connectivity index (χ4v) is 2.67. The first-order valence-corrected chi connectivity index (χ1v) is 8.46. The monoisotopic (exact) mass is 359 g/mol. The van der Waals surface area contributed by atoms with Gasteiger partial charge in [0, 0.05) is 12.3 Å². The molecule has 6 nitrogen and oxygen atoms in total. The molecule has 0 fully saturated rings. The van der Waals surface area contributed by atoms with Gasteiger partial charge in [-0.05, 0) is 36.2 Å². The highest BCUT2D eigenvalue weighted by Gasteiger charge is 2.16. The van der Waals surface area contributed by atoms with Crippen LogP contribution in [0.4, 0.5) is 0 Å². The number of ether oxygens (including phenoxy) is 1. The number of nitrogens with zero attached hydrogens (tertiary/aromatic N) is 3. The van der Waals surface area contributed by atoms with Gasteiger partial charge in [0.15, 0.2) is 0 Å². The molecule has 0 saturated carbocycles. The molecule has 0 amide bonds. The quantitative estimate of drug-likeness (QED) is 0.569. The van der Waals surface area contributed by atoms with Crippen LogP contribution in [0, 0.1) is 6.92 Å². The lowest BCUT2D eigenvalue weighted by Crippen LogP contribution is -1.95. The van der Waals surface area contributed by atoms with Gasteiger partial charge in [0.25, 0.3) is 5.89 Å². The van der Waals surface area contributed by atoms with Crippen molar-refractivity contribution in [3.63, 3.8) is 0 Å². The average Bonchev–Trinajstić information content (AvgIpc) is 3.17. The number of pyridine rings is 1. The van der Waals surface area contributed by atoms with Crippen LogP contribution in [0.1, 0.15) is 11.1 Å². The average molecular weight is 359 g/mol. The fraction of sp³-hybridized carbons (Fsp3) is 0.0952. The smallest absolute Gasteiger partial charge is 0.262 e. The van der Waals surface area contributed by atoms with Crippen molar-refractivity contribution in [3.8, 4) is 34.5 Å². The summed E-state index contributed by atoms with van der Waals surface area (Å²) in [5.74, 6) is 1.17. The lowest BCUT2D eigenvalue weighted by Gasteiger charge is -2.07. The van der Waals surface area contributed by atoms with Gasteiger partial charge in [-0.2, -0.15) is 4.98 Å². The van der Waals surface area contributed by atoms with Gasteiger partial charge in [-0.25, -0.2) is 0 Å². The number of hydrogen-bond acceptors (Lipinski definition) is 6. The molecule has 4 rings (SSSR count). The minimum Gasteiger partial charge on any atom is -0.507 e.